The number of halogens is 3. The molecule has 0 aliphatic carbocycles. The van der Waals surface area contributed by atoms with Gasteiger partial charge < -0.3 is 5.32 Å². The summed E-state index contributed by atoms with van der Waals surface area (Å²) in [5.74, 6) is -0.544. The Hall–Kier alpha value is -1.48. The predicted octanol–water partition coefficient (Wildman–Crippen LogP) is 2.26. The molecule has 112 valence electrons. The van der Waals surface area contributed by atoms with Crippen molar-refractivity contribution in [3.8, 4) is 0 Å². The summed E-state index contributed by atoms with van der Waals surface area (Å²) in [7, 11) is -2.88. The molecule has 0 saturated carbocycles. The second-order valence-electron chi connectivity index (χ2n) is 4.05. The standard InChI is InChI=1S/C11H13F3N2O3S/c1-8-2-3-9(6-10(8)16(17)18)7-15-4-5-20(19)11(12,13)14/h2-3,6,15H,4-5,7H2,1H3. The van der Waals surface area contributed by atoms with Gasteiger partial charge in [0.05, 0.1) is 4.92 Å². The van der Waals surface area contributed by atoms with Crippen LogP contribution in [0.3, 0.4) is 0 Å². The maximum absolute atomic E-state index is 12.0. The lowest BCUT2D eigenvalue weighted by Crippen LogP contribution is -2.26. The summed E-state index contributed by atoms with van der Waals surface area (Å²) in [4.78, 5) is 10.2. The van der Waals surface area contributed by atoms with Crippen LogP contribution >= 0.6 is 0 Å². The molecule has 5 nitrogen and oxygen atoms in total. The minimum Gasteiger partial charge on any atom is -0.312 e. The minimum atomic E-state index is -4.70. The van der Waals surface area contributed by atoms with E-state index in [1.54, 1.807) is 19.1 Å². The molecule has 0 bridgehead atoms. The van der Waals surface area contributed by atoms with E-state index in [-0.39, 0.29) is 18.8 Å². The third-order valence-corrected chi connectivity index (χ3v) is 3.61. The number of rotatable bonds is 6. The molecular weight excluding hydrogens is 297 g/mol. The number of hydrogen-bond acceptors (Lipinski definition) is 4. The first-order chi connectivity index (χ1) is 9.21. The van der Waals surface area contributed by atoms with Crippen LogP contribution in [0.5, 0.6) is 0 Å². The number of aryl methyl sites for hydroxylation is 1. The first-order valence-electron chi connectivity index (χ1n) is 5.61. The smallest absolute Gasteiger partial charge is 0.312 e. The SMILES string of the molecule is Cc1ccc(CNCCS(=O)C(F)(F)F)cc1[N+](=O)[O-]. The van der Waals surface area contributed by atoms with Crippen LogP contribution in [-0.2, 0) is 17.3 Å². The van der Waals surface area contributed by atoms with E-state index in [0.717, 1.165) is 0 Å². The number of nitrogens with zero attached hydrogens (tertiary/aromatic N) is 1. The summed E-state index contributed by atoms with van der Waals surface area (Å²) in [6.07, 6.45) is 0. The van der Waals surface area contributed by atoms with Gasteiger partial charge in [-0.1, -0.05) is 12.1 Å². The monoisotopic (exact) mass is 310 g/mol. The van der Waals surface area contributed by atoms with Gasteiger partial charge in [0.25, 0.3) is 5.69 Å². The van der Waals surface area contributed by atoms with Crippen LogP contribution in [0.4, 0.5) is 18.9 Å². The van der Waals surface area contributed by atoms with Crippen molar-refractivity contribution in [1.29, 1.82) is 0 Å². The molecule has 0 spiro atoms. The van der Waals surface area contributed by atoms with E-state index in [0.29, 0.717) is 11.1 Å². The number of nitro groups is 1. The van der Waals surface area contributed by atoms with Crippen LogP contribution < -0.4 is 5.32 Å². The average molecular weight is 310 g/mol. The zero-order chi connectivity index (χ0) is 15.3. The van der Waals surface area contributed by atoms with Gasteiger partial charge in [0.15, 0.2) is 0 Å². The Kier molecular flexibility index (Phi) is 5.63. The quantitative estimate of drug-likeness (QED) is 0.497. The van der Waals surface area contributed by atoms with Gasteiger partial charge in [0, 0.05) is 30.5 Å². The van der Waals surface area contributed by atoms with Crippen molar-refractivity contribution in [2.24, 2.45) is 0 Å². The van der Waals surface area contributed by atoms with E-state index in [2.05, 4.69) is 5.32 Å². The van der Waals surface area contributed by atoms with Gasteiger partial charge in [0.1, 0.15) is 10.8 Å². The molecule has 1 unspecified atom stereocenters. The van der Waals surface area contributed by atoms with E-state index in [1.807, 2.05) is 0 Å². The summed E-state index contributed by atoms with van der Waals surface area (Å²) in [5, 5.41) is 13.4. The van der Waals surface area contributed by atoms with Gasteiger partial charge in [-0.05, 0) is 12.5 Å². The van der Waals surface area contributed by atoms with Crippen LogP contribution in [0.2, 0.25) is 0 Å². The van der Waals surface area contributed by atoms with Gasteiger partial charge in [0.2, 0.25) is 0 Å². The molecule has 0 aliphatic rings. The second-order valence-corrected chi connectivity index (χ2v) is 5.61. The van der Waals surface area contributed by atoms with E-state index in [9.17, 15) is 27.5 Å². The maximum atomic E-state index is 12.0. The molecule has 1 rings (SSSR count). The van der Waals surface area contributed by atoms with E-state index in [4.69, 9.17) is 0 Å². The highest BCUT2D eigenvalue weighted by Crippen LogP contribution is 2.20. The summed E-state index contributed by atoms with van der Waals surface area (Å²) in [5.41, 5.74) is -3.65. The second kappa shape index (κ2) is 6.80. The Balaban J connectivity index is 2.49. The van der Waals surface area contributed by atoms with Gasteiger partial charge >= 0.3 is 5.51 Å². The van der Waals surface area contributed by atoms with Crippen molar-refractivity contribution >= 4 is 16.5 Å². The first-order valence-corrected chi connectivity index (χ1v) is 6.93. The van der Waals surface area contributed by atoms with Gasteiger partial charge in [-0.15, -0.1) is 0 Å². The number of hydrogen-bond donors (Lipinski definition) is 1. The van der Waals surface area contributed by atoms with Gasteiger partial charge in [-0.25, -0.2) is 0 Å². The minimum absolute atomic E-state index is 0.0387. The molecule has 1 aromatic rings. The van der Waals surface area contributed by atoms with Crippen molar-refractivity contribution in [1.82, 2.24) is 5.32 Å². The van der Waals surface area contributed by atoms with Crippen LogP contribution in [0, 0.1) is 17.0 Å². The Bertz CT molecular complexity index is 520. The normalized spacial score (nSPS) is 13.2. The number of nitro benzene ring substituents is 1. The molecule has 1 aromatic carbocycles. The predicted molar refractivity (Wildman–Crippen MR) is 68.6 cm³/mol. The molecule has 0 amide bonds. The number of nitrogens with one attached hydrogen (secondary N) is 1. The Morgan fingerprint density at radius 1 is 1.40 bits per heavy atom. The zero-order valence-corrected chi connectivity index (χ0v) is 11.4. The molecule has 20 heavy (non-hydrogen) atoms. The van der Waals surface area contributed by atoms with Crippen LogP contribution in [0.15, 0.2) is 18.2 Å². The lowest BCUT2D eigenvalue weighted by atomic mass is 10.1. The van der Waals surface area contributed by atoms with Crippen LogP contribution in [0.1, 0.15) is 11.1 Å². The van der Waals surface area contributed by atoms with E-state index >= 15 is 0 Å². The maximum Gasteiger partial charge on any atom is 0.471 e. The van der Waals surface area contributed by atoms with Crippen LogP contribution in [0.25, 0.3) is 0 Å². The van der Waals surface area contributed by atoms with Crippen LogP contribution in [-0.4, -0.2) is 26.9 Å². The van der Waals surface area contributed by atoms with E-state index in [1.165, 1.54) is 6.07 Å². The molecule has 0 saturated heterocycles. The zero-order valence-electron chi connectivity index (χ0n) is 10.6. The highest BCUT2D eigenvalue weighted by atomic mass is 32.2. The fraction of sp³-hybridized carbons (Fsp3) is 0.455. The molecule has 1 atom stereocenters. The highest BCUT2D eigenvalue weighted by Gasteiger charge is 2.35. The molecule has 9 heteroatoms. The van der Waals surface area contributed by atoms with Crippen molar-refractivity contribution < 1.29 is 22.3 Å². The summed E-state index contributed by atoms with van der Waals surface area (Å²) in [6.45, 7) is 1.69. The summed E-state index contributed by atoms with van der Waals surface area (Å²) < 4.78 is 46.7. The Labute approximate surface area is 115 Å². The van der Waals surface area contributed by atoms with Gasteiger partial charge in [-0.3, -0.25) is 14.3 Å². The molecule has 0 radical (unpaired) electrons. The fourth-order valence-corrected chi connectivity index (χ4v) is 2.04. The third-order valence-electron chi connectivity index (χ3n) is 2.52. The molecule has 0 aliphatic heterocycles. The Morgan fingerprint density at radius 3 is 2.60 bits per heavy atom. The number of benzene rings is 1. The molecule has 0 fully saturated rings. The first kappa shape index (κ1) is 16.6. The summed E-state index contributed by atoms with van der Waals surface area (Å²) >= 11 is 0. The topological polar surface area (TPSA) is 72.2 Å². The molecule has 0 heterocycles. The summed E-state index contributed by atoms with van der Waals surface area (Å²) in [6, 6.07) is 4.59. The lowest BCUT2D eigenvalue weighted by molar-refractivity contribution is -0.385. The molecular formula is C11H13F3N2O3S. The van der Waals surface area contributed by atoms with Gasteiger partial charge in [-0.2, -0.15) is 13.2 Å². The largest absolute Gasteiger partial charge is 0.471 e. The Morgan fingerprint density at radius 2 is 2.05 bits per heavy atom. The van der Waals surface area contributed by atoms with Crippen molar-refractivity contribution in [3.63, 3.8) is 0 Å². The fourth-order valence-electron chi connectivity index (χ4n) is 1.47. The number of alkyl halides is 3. The third kappa shape index (κ3) is 4.89. The van der Waals surface area contributed by atoms with Crippen molar-refractivity contribution in [2.45, 2.75) is 19.0 Å². The van der Waals surface area contributed by atoms with Crippen molar-refractivity contribution in [2.75, 3.05) is 12.3 Å². The highest BCUT2D eigenvalue weighted by molar-refractivity contribution is 7.85. The average Bonchev–Trinajstić information content (AvgIpc) is 2.34. The van der Waals surface area contributed by atoms with Crippen molar-refractivity contribution in [3.05, 3.63) is 39.4 Å². The molecule has 1 N–H and O–H groups in total. The van der Waals surface area contributed by atoms with E-state index < -0.39 is 27.0 Å². The molecule has 0 aromatic heterocycles. The lowest BCUT2D eigenvalue weighted by Gasteiger charge is -2.08.